The molecule has 94 valence electrons. The van der Waals surface area contributed by atoms with Crippen LogP contribution in [0.2, 0.25) is 0 Å². The zero-order valence-electron chi connectivity index (χ0n) is 9.18. The molecule has 18 heavy (non-hydrogen) atoms. The van der Waals surface area contributed by atoms with Crippen LogP contribution < -0.4 is 17.3 Å². The number of nitrogens with two attached hydrogens (primary N) is 2. The molecule has 0 aromatic carbocycles. The standard InChI is InChI=1S/C9H10N6O2S/c10-8(12-11)18-5-7(16)15-9(17)14-4-2-1-3-6(14)13-15/h1-4H,5,11H2,(H2,10,12). The third-order valence-corrected chi connectivity index (χ3v) is 2.93. The van der Waals surface area contributed by atoms with Crippen molar-refractivity contribution in [3.8, 4) is 0 Å². The van der Waals surface area contributed by atoms with Gasteiger partial charge < -0.3 is 11.6 Å². The number of rotatable bonds is 2. The third kappa shape index (κ3) is 2.20. The highest BCUT2D eigenvalue weighted by molar-refractivity contribution is 8.14. The van der Waals surface area contributed by atoms with Crippen molar-refractivity contribution in [2.24, 2.45) is 16.7 Å². The van der Waals surface area contributed by atoms with Gasteiger partial charge in [-0.05, 0) is 12.1 Å². The summed E-state index contributed by atoms with van der Waals surface area (Å²) in [6.07, 6.45) is 1.54. The summed E-state index contributed by atoms with van der Waals surface area (Å²) in [4.78, 5) is 23.6. The molecule has 4 N–H and O–H groups in total. The van der Waals surface area contributed by atoms with Crippen LogP contribution in [0.3, 0.4) is 0 Å². The molecule has 2 aromatic heterocycles. The molecule has 0 unspecified atom stereocenters. The van der Waals surface area contributed by atoms with Crippen molar-refractivity contribution in [2.45, 2.75) is 0 Å². The van der Waals surface area contributed by atoms with Gasteiger partial charge in [0.25, 0.3) is 5.91 Å². The molecule has 0 radical (unpaired) electrons. The van der Waals surface area contributed by atoms with Crippen LogP contribution in [-0.2, 0) is 0 Å². The zero-order valence-corrected chi connectivity index (χ0v) is 10.0. The fraction of sp³-hybridized carbons (Fsp3) is 0.111. The first kappa shape index (κ1) is 12.2. The number of fused-ring (bicyclic) bond motifs is 1. The van der Waals surface area contributed by atoms with E-state index in [2.05, 4.69) is 10.2 Å². The van der Waals surface area contributed by atoms with E-state index in [0.717, 1.165) is 16.4 Å². The summed E-state index contributed by atoms with van der Waals surface area (Å²) in [5, 5.41) is 7.19. The van der Waals surface area contributed by atoms with Crippen molar-refractivity contribution in [3.63, 3.8) is 0 Å². The van der Waals surface area contributed by atoms with Crippen molar-refractivity contribution in [2.75, 3.05) is 5.75 Å². The Morgan fingerprint density at radius 2 is 2.28 bits per heavy atom. The van der Waals surface area contributed by atoms with Crippen LogP contribution in [0.1, 0.15) is 4.79 Å². The topological polar surface area (TPSA) is 121 Å². The molecular formula is C9H10N6O2S. The van der Waals surface area contributed by atoms with Gasteiger partial charge in [-0.2, -0.15) is 5.10 Å². The number of amidine groups is 1. The van der Waals surface area contributed by atoms with Gasteiger partial charge in [0.15, 0.2) is 10.8 Å². The smallest absolute Gasteiger partial charge is 0.357 e. The van der Waals surface area contributed by atoms with Crippen molar-refractivity contribution in [1.29, 1.82) is 0 Å². The lowest BCUT2D eigenvalue weighted by Gasteiger charge is -1.97. The quantitative estimate of drug-likeness (QED) is 0.313. The van der Waals surface area contributed by atoms with Crippen LogP contribution >= 0.6 is 11.8 Å². The van der Waals surface area contributed by atoms with Crippen molar-refractivity contribution >= 4 is 28.5 Å². The summed E-state index contributed by atoms with van der Waals surface area (Å²) < 4.78 is 2.08. The van der Waals surface area contributed by atoms with E-state index in [1.807, 2.05) is 0 Å². The maximum Gasteiger partial charge on any atom is 0.357 e. The molecule has 9 heteroatoms. The summed E-state index contributed by atoms with van der Waals surface area (Å²) in [6.45, 7) is 0. The van der Waals surface area contributed by atoms with E-state index < -0.39 is 11.6 Å². The fourth-order valence-electron chi connectivity index (χ4n) is 1.32. The highest BCUT2D eigenvalue weighted by Gasteiger charge is 2.13. The van der Waals surface area contributed by atoms with E-state index in [0.29, 0.717) is 5.65 Å². The van der Waals surface area contributed by atoms with Gasteiger partial charge in [-0.25, -0.2) is 9.20 Å². The SMILES string of the molecule is NN=C(N)SCC(=O)n1nc2ccccn2c1=O. The van der Waals surface area contributed by atoms with Crippen LogP contribution in [-0.4, -0.2) is 31.0 Å². The number of hydrazone groups is 1. The van der Waals surface area contributed by atoms with Crippen LogP contribution in [0.25, 0.3) is 5.65 Å². The molecule has 2 heterocycles. The average molecular weight is 266 g/mol. The predicted molar refractivity (Wildman–Crippen MR) is 68.3 cm³/mol. The Morgan fingerprint density at radius 1 is 1.50 bits per heavy atom. The molecular weight excluding hydrogens is 256 g/mol. The van der Waals surface area contributed by atoms with Gasteiger partial charge in [-0.1, -0.05) is 17.8 Å². The first-order chi connectivity index (χ1) is 8.63. The monoisotopic (exact) mass is 266 g/mol. The van der Waals surface area contributed by atoms with Gasteiger partial charge in [-0.15, -0.1) is 9.78 Å². The van der Waals surface area contributed by atoms with Crippen molar-refractivity contribution in [3.05, 3.63) is 34.9 Å². The number of thioether (sulfide) groups is 1. The normalized spacial score (nSPS) is 11.9. The first-order valence-corrected chi connectivity index (χ1v) is 5.88. The van der Waals surface area contributed by atoms with E-state index in [9.17, 15) is 9.59 Å². The first-order valence-electron chi connectivity index (χ1n) is 4.89. The second-order valence-corrected chi connectivity index (χ2v) is 4.27. The summed E-state index contributed by atoms with van der Waals surface area (Å²) in [7, 11) is 0. The highest BCUT2D eigenvalue weighted by atomic mass is 32.2. The maximum atomic E-state index is 11.8. The molecule has 0 aliphatic heterocycles. The Labute approximate surface area is 105 Å². The number of pyridine rings is 1. The minimum atomic E-state index is -0.514. The molecule has 0 atom stereocenters. The molecule has 2 aromatic rings. The lowest BCUT2D eigenvalue weighted by molar-refractivity contribution is 0.0922. The second kappa shape index (κ2) is 4.92. The molecule has 0 bridgehead atoms. The highest BCUT2D eigenvalue weighted by Crippen LogP contribution is 2.01. The average Bonchev–Trinajstić information content (AvgIpc) is 2.73. The second-order valence-electron chi connectivity index (χ2n) is 3.27. The number of nitrogens with zero attached hydrogens (tertiary/aromatic N) is 4. The van der Waals surface area contributed by atoms with E-state index in [-0.39, 0.29) is 10.9 Å². The van der Waals surface area contributed by atoms with Crippen LogP contribution in [0.4, 0.5) is 0 Å². The summed E-state index contributed by atoms with van der Waals surface area (Å²) in [5.74, 6) is 4.39. The van der Waals surface area contributed by atoms with Gasteiger partial charge >= 0.3 is 5.69 Å². The molecule has 0 saturated heterocycles. The Balaban J connectivity index is 2.28. The van der Waals surface area contributed by atoms with E-state index in [1.54, 1.807) is 18.2 Å². The maximum absolute atomic E-state index is 11.8. The zero-order chi connectivity index (χ0) is 13.1. The lowest BCUT2D eigenvalue weighted by Crippen LogP contribution is -2.29. The summed E-state index contributed by atoms with van der Waals surface area (Å²) in [6, 6.07) is 5.04. The lowest BCUT2D eigenvalue weighted by atomic mass is 10.5. The number of hydrogen-bond donors (Lipinski definition) is 2. The Kier molecular flexibility index (Phi) is 3.33. The molecule has 0 amide bonds. The van der Waals surface area contributed by atoms with E-state index in [4.69, 9.17) is 11.6 Å². The molecule has 0 aliphatic carbocycles. The van der Waals surface area contributed by atoms with Crippen LogP contribution in [0.15, 0.2) is 34.3 Å². The number of aromatic nitrogens is 3. The third-order valence-electron chi connectivity index (χ3n) is 2.14. The Morgan fingerprint density at radius 3 is 2.94 bits per heavy atom. The van der Waals surface area contributed by atoms with Crippen molar-refractivity contribution in [1.82, 2.24) is 14.2 Å². The number of carbonyl (C=O) groups is 1. The molecule has 8 nitrogen and oxygen atoms in total. The molecule has 2 rings (SSSR count). The van der Waals surface area contributed by atoms with Gasteiger partial charge in [0.2, 0.25) is 0 Å². The van der Waals surface area contributed by atoms with E-state index >= 15 is 0 Å². The minimum Gasteiger partial charge on any atom is -0.377 e. The van der Waals surface area contributed by atoms with Crippen molar-refractivity contribution < 1.29 is 4.79 Å². The largest absolute Gasteiger partial charge is 0.377 e. The fourth-order valence-corrected chi connectivity index (χ4v) is 1.79. The number of carbonyl (C=O) groups excluding carboxylic acids is 1. The Bertz CT molecular complexity index is 673. The van der Waals surface area contributed by atoms with Gasteiger partial charge in [0, 0.05) is 6.20 Å². The van der Waals surface area contributed by atoms with Gasteiger partial charge in [0.05, 0.1) is 5.75 Å². The minimum absolute atomic E-state index is 0.0592. The molecule has 0 saturated carbocycles. The molecule has 0 aliphatic rings. The van der Waals surface area contributed by atoms with Crippen LogP contribution in [0.5, 0.6) is 0 Å². The van der Waals surface area contributed by atoms with Gasteiger partial charge in [0.1, 0.15) is 0 Å². The van der Waals surface area contributed by atoms with Crippen LogP contribution in [0, 0.1) is 0 Å². The molecule has 0 spiro atoms. The predicted octanol–water partition coefficient (Wildman–Crippen LogP) is -0.942. The molecule has 0 fully saturated rings. The summed E-state index contributed by atoms with van der Waals surface area (Å²) in [5.41, 5.74) is 5.22. The number of hydrogen-bond acceptors (Lipinski definition) is 6. The van der Waals surface area contributed by atoms with Gasteiger partial charge in [-0.3, -0.25) is 4.79 Å². The Hall–Kier alpha value is -2.29. The van der Waals surface area contributed by atoms with E-state index in [1.165, 1.54) is 10.6 Å². The summed E-state index contributed by atoms with van der Waals surface area (Å²) >= 11 is 0.942.